The first kappa shape index (κ1) is 21.2. The van der Waals surface area contributed by atoms with E-state index in [2.05, 4.69) is 15.6 Å². The van der Waals surface area contributed by atoms with E-state index in [9.17, 15) is 9.59 Å². The number of carbonyl (C=O) groups is 2. The van der Waals surface area contributed by atoms with Crippen molar-refractivity contribution in [1.29, 1.82) is 0 Å². The number of nitrogens with one attached hydrogen (secondary N) is 2. The first-order chi connectivity index (χ1) is 13.4. The molecule has 2 rings (SSSR count). The van der Waals surface area contributed by atoms with E-state index < -0.39 is 5.97 Å². The number of rotatable bonds is 10. The minimum atomic E-state index is -0.880. The van der Waals surface area contributed by atoms with Gasteiger partial charge < -0.3 is 20.5 Å². The van der Waals surface area contributed by atoms with Crippen LogP contribution in [0.2, 0.25) is 0 Å². The molecule has 2 amide bonds. The predicted octanol–water partition coefficient (Wildman–Crippen LogP) is 3.14. The van der Waals surface area contributed by atoms with Gasteiger partial charge in [-0.25, -0.2) is 9.78 Å². The van der Waals surface area contributed by atoms with Gasteiger partial charge in [0.1, 0.15) is 0 Å². The SMILES string of the molecule is CC(C)Oc1ccc(CNC(=O)NC(CCC(=O)O)Cc2ccccc2)cn1. The number of hydrogen-bond donors (Lipinski definition) is 3. The second-order valence-electron chi connectivity index (χ2n) is 6.82. The van der Waals surface area contributed by atoms with Gasteiger partial charge in [0, 0.05) is 31.3 Å². The highest BCUT2D eigenvalue weighted by Crippen LogP contribution is 2.10. The number of carboxylic acid groups (broad SMARTS) is 1. The number of urea groups is 1. The molecule has 0 radical (unpaired) electrons. The molecule has 1 heterocycles. The minimum Gasteiger partial charge on any atom is -0.481 e. The molecule has 0 saturated heterocycles. The zero-order valence-electron chi connectivity index (χ0n) is 16.2. The Balaban J connectivity index is 1.86. The molecule has 150 valence electrons. The van der Waals surface area contributed by atoms with Crippen molar-refractivity contribution in [2.45, 2.75) is 51.8 Å². The van der Waals surface area contributed by atoms with Gasteiger partial charge in [-0.3, -0.25) is 4.79 Å². The molecule has 0 fully saturated rings. The first-order valence-electron chi connectivity index (χ1n) is 9.34. The molecule has 0 aliphatic rings. The molecular weight excluding hydrogens is 358 g/mol. The van der Waals surface area contributed by atoms with Crippen molar-refractivity contribution in [3.05, 3.63) is 59.8 Å². The van der Waals surface area contributed by atoms with Crippen molar-refractivity contribution in [2.24, 2.45) is 0 Å². The standard InChI is InChI=1S/C21H27N3O4/c1-15(2)28-19-10-8-17(13-22-19)14-23-21(27)24-18(9-11-20(25)26)12-16-6-4-3-5-7-16/h3-8,10,13,15,18H,9,11-12,14H2,1-2H3,(H,25,26)(H2,23,24,27). The molecule has 1 atom stereocenters. The fourth-order valence-corrected chi connectivity index (χ4v) is 2.67. The number of ether oxygens (including phenoxy) is 1. The fraction of sp³-hybridized carbons (Fsp3) is 0.381. The summed E-state index contributed by atoms with van der Waals surface area (Å²) in [4.78, 5) is 27.4. The lowest BCUT2D eigenvalue weighted by atomic mass is 10.0. The van der Waals surface area contributed by atoms with Crippen molar-refractivity contribution in [2.75, 3.05) is 0 Å². The molecule has 7 heteroatoms. The Morgan fingerprint density at radius 1 is 1.11 bits per heavy atom. The average molecular weight is 385 g/mol. The van der Waals surface area contributed by atoms with Gasteiger partial charge in [0.2, 0.25) is 5.88 Å². The number of aromatic nitrogens is 1. The monoisotopic (exact) mass is 385 g/mol. The predicted molar refractivity (Wildman–Crippen MR) is 106 cm³/mol. The summed E-state index contributed by atoms with van der Waals surface area (Å²) in [6, 6.07) is 12.7. The molecule has 0 spiro atoms. The maximum Gasteiger partial charge on any atom is 0.315 e. The van der Waals surface area contributed by atoms with Crippen LogP contribution in [0.1, 0.15) is 37.8 Å². The molecule has 1 aromatic heterocycles. The van der Waals surface area contributed by atoms with Crippen LogP contribution in [-0.2, 0) is 17.8 Å². The summed E-state index contributed by atoms with van der Waals surface area (Å²) in [5.74, 6) is -0.338. The van der Waals surface area contributed by atoms with E-state index in [-0.39, 0.29) is 24.6 Å². The fourth-order valence-electron chi connectivity index (χ4n) is 2.67. The van der Waals surface area contributed by atoms with Crippen molar-refractivity contribution in [3.8, 4) is 5.88 Å². The third-order valence-electron chi connectivity index (χ3n) is 3.97. The second kappa shape index (κ2) is 10.9. The second-order valence-corrected chi connectivity index (χ2v) is 6.82. The van der Waals surface area contributed by atoms with Gasteiger partial charge in [-0.1, -0.05) is 36.4 Å². The maximum atomic E-state index is 12.3. The van der Waals surface area contributed by atoms with Crippen molar-refractivity contribution < 1.29 is 19.4 Å². The molecule has 1 unspecified atom stereocenters. The number of hydrogen-bond acceptors (Lipinski definition) is 4. The van der Waals surface area contributed by atoms with Crippen LogP contribution >= 0.6 is 0 Å². The smallest absolute Gasteiger partial charge is 0.315 e. The van der Waals surface area contributed by atoms with E-state index in [1.165, 1.54) is 0 Å². The number of carboxylic acids is 1. The van der Waals surface area contributed by atoms with E-state index >= 15 is 0 Å². The summed E-state index contributed by atoms with van der Waals surface area (Å²) in [6.07, 6.45) is 2.64. The van der Waals surface area contributed by atoms with E-state index in [0.29, 0.717) is 25.3 Å². The molecule has 0 bridgehead atoms. The quantitative estimate of drug-likeness (QED) is 0.583. The van der Waals surface area contributed by atoms with E-state index in [4.69, 9.17) is 9.84 Å². The highest BCUT2D eigenvalue weighted by molar-refractivity contribution is 5.74. The Morgan fingerprint density at radius 2 is 1.86 bits per heavy atom. The number of pyridine rings is 1. The Labute approximate surface area is 165 Å². The van der Waals surface area contributed by atoms with Gasteiger partial charge in [-0.15, -0.1) is 0 Å². The van der Waals surface area contributed by atoms with Crippen LogP contribution in [0.15, 0.2) is 48.7 Å². The summed E-state index contributed by atoms with van der Waals surface area (Å²) < 4.78 is 5.49. The zero-order valence-corrected chi connectivity index (χ0v) is 16.2. The normalized spacial score (nSPS) is 11.7. The topological polar surface area (TPSA) is 101 Å². The lowest BCUT2D eigenvalue weighted by Gasteiger charge is -2.19. The van der Waals surface area contributed by atoms with Crippen molar-refractivity contribution in [1.82, 2.24) is 15.6 Å². The van der Waals surface area contributed by atoms with Crippen LogP contribution in [-0.4, -0.2) is 34.2 Å². The highest BCUT2D eigenvalue weighted by Gasteiger charge is 2.14. The van der Waals surface area contributed by atoms with Gasteiger partial charge in [-0.2, -0.15) is 0 Å². The van der Waals surface area contributed by atoms with Crippen LogP contribution in [0.5, 0.6) is 5.88 Å². The number of benzene rings is 1. The maximum absolute atomic E-state index is 12.3. The Kier molecular flexibility index (Phi) is 8.27. The molecule has 3 N–H and O–H groups in total. The zero-order chi connectivity index (χ0) is 20.4. The van der Waals surface area contributed by atoms with Crippen LogP contribution in [0.4, 0.5) is 4.79 Å². The molecule has 1 aromatic carbocycles. The Morgan fingerprint density at radius 3 is 2.46 bits per heavy atom. The molecule has 0 saturated carbocycles. The molecule has 28 heavy (non-hydrogen) atoms. The van der Waals surface area contributed by atoms with Gasteiger partial charge >= 0.3 is 12.0 Å². The van der Waals surface area contributed by atoms with Gasteiger partial charge in [0.15, 0.2) is 0 Å². The van der Waals surface area contributed by atoms with E-state index in [1.54, 1.807) is 12.3 Å². The molecule has 7 nitrogen and oxygen atoms in total. The molecule has 0 aliphatic carbocycles. The van der Waals surface area contributed by atoms with Crippen LogP contribution in [0.25, 0.3) is 0 Å². The summed E-state index contributed by atoms with van der Waals surface area (Å²) in [5, 5.41) is 14.6. The average Bonchev–Trinajstić information content (AvgIpc) is 2.66. The third kappa shape index (κ3) is 8.07. The molecular formula is C21H27N3O4. The van der Waals surface area contributed by atoms with Crippen LogP contribution < -0.4 is 15.4 Å². The van der Waals surface area contributed by atoms with Crippen molar-refractivity contribution >= 4 is 12.0 Å². The highest BCUT2D eigenvalue weighted by atomic mass is 16.5. The van der Waals surface area contributed by atoms with Crippen molar-refractivity contribution in [3.63, 3.8) is 0 Å². The first-order valence-corrected chi connectivity index (χ1v) is 9.34. The summed E-state index contributed by atoms with van der Waals surface area (Å²) in [5.41, 5.74) is 1.89. The Hall–Kier alpha value is -3.09. The summed E-state index contributed by atoms with van der Waals surface area (Å²) >= 11 is 0. The number of nitrogens with zero attached hydrogens (tertiary/aromatic N) is 1. The lowest BCUT2D eigenvalue weighted by molar-refractivity contribution is -0.137. The number of amides is 2. The number of carbonyl (C=O) groups excluding carboxylic acids is 1. The third-order valence-corrected chi connectivity index (χ3v) is 3.97. The largest absolute Gasteiger partial charge is 0.481 e. The van der Waals surface area contributed by atoms with Crippen LogP contribution in [0.3, 0.4) is 0 Å². The van der Waals surface area contributed by atoms with E-state index in [0.717, 1.165) is 11.1 Å². The van der Waals surface area contributed by atoms with E-state index in [1.807, 2.05) is 50.2 Å². The van der Waals surface area contributed by atoms with Gasteiger partial charge in [0.25, 0.3) is 0 Å². The van der Waals surface area contributed by atoms with Crippen LogP contribution in [0, 0.1) is 0 Å². The molecule has 0 aliphatic heterocycles. The minimum absolute atomic E-state index is 0.000979. The summed E-state index contributed by atoms with van der Waals surface area (Å²) in [6.45, 7) is 4.17. The summed E-state index contributed by atoms with van der Waals surface area (Å²) in [7, 11) is 0. The lowest BCUT2D eigenvalue weighted by Crippen LogP contribution is -2.43. The Bertz CT molecular complexity index is 748. The molecule has 2 aromatic rings. The van der Waals surface area contributed by atoms with Gasteiger partial charge in [-0.05, 0) is 37.8 Å². The van der Waals surface area contributed by atoms with Gasteiger partial charge in [0.05, 0.1) is 6.10 Å². The number of aliphatic carboxylic acids is 1.